The summed E-state index contributed by atoms with van der Waals surface area (Å²) >= 11 is 3.73. The van der Waals surface area contributed by atoms with E-state index in [1.54, 1.807) is 0 Å². The second kappa shape index (κ2) is 9.88. The van der Waals surface area contributed by atoms with Crippen LogP contribution >= 0.6 is 23.1 Å². The van der Waals surface area contributed by atoms with Crippen LogP contribution in [0.4, 0.5) is 17.1 Å². The van der Waals surface area contributed by atoms with Gasteiger partial charge in [-0.3, -0.25) is 0 Å². The summed E-state index contributed by atoms with van der Waals surface area (Å²) < 4.78 is 2.67. The van der Waals surface area contributed by atoms with Gasteiger partial charge in [0.2, 0.25) is 0 Å². The predicted octanol–water partition coefficient (Wildman–Crippen LogP) is 12.5. The molecule has 0 atom stereocenters. The molecule has 0 bridgehead atoms. The molecule has 0 amide bonds. The zero-order valence-corrected chi connectivity index (χ0v) is 24.8. The highest BCUT2D eigenvalue weighted by Crippen LogP contribution is 2.53. The average Bonchev–Trinajstić information content (AvgIpc) is 3.44. The van der Waals surface area contributed by atoms with Crippen molar-refractivity contribution in [2.24, 2.45) is 0 Å². The molecule has 9 rings (SSSR count). The van der Waals surface area contributed by atoms with E-state index in [1.807, 2.05) is 23.1 Å². The zero-order chi connectivity index (χ0) is 28.3. The van der Waals surface area contributed by atoms with Crippen molar-refractivity contribution in [3.63, 3.8) is 0 Å². The summed E-state index contributed by atoms with van der Waals surface area (Å²) in [6.07, 6.45) is 0. The van der Waals surface area contributed by atoms with Gasteiger partial charge in [-0.25, -0.2) is 0 Å². The van der Waals surface area contributed by atoms with Gasteiger partial charge >= 0.3 is 0 Å². The molecule has 0 saturated carbocycles. The highest BCUT2D eigenvalue weighted by molar-refractivity contribution is 7.99. The predicted molar refractivity (Wildman–Crippen MR) is 187 cm³/mol. The van der Waals surface area contributed by atoms with Crippen molar-refractivity contribution in [3.8, 4) is 22.3 Å². The van der Waals surface area contributed by atoms with Crippen LogP contribution in [0.15, 0.2) is 161 Å². The Labute approximate surface area is 258 Å². The monoisotopic (exact) mass is 583 g/mol. The van der Waals surface area contributed by atoms with Gasteiger partial charge in [-0.1, -0.05) is 109 Å². The molecule has 0 spiro atoms. The van der Waals surface area contributed by atoms with Gasteiger partial charge in [-0.15, -0.1) is 11.3 Å². The maximum absolute atomic E-state index is 2.46. The van der Waals surface area contributed by atoms with Crippen molar-refractivity contribution in [1.29, 1.82) is 0 Å². The maximum Gasteiger partial charge on any atom is 0.0608 e. The van der Waals surface area contributed by atoms with Crippen molar-refractivity contribution >= 4 is 71.1 Å². The van der Waals surface area contributed by atoms with Crippen molar-refractivity contribution < 1.29 is 0 Å². The third kappa shape index (κ3) is 4.16. The zero-order valence-electron chi connectivity index (χ0n) is 23.2. The van der Waals surface area contributed by atoms with Crippen LogP contribution < -0.4 is 4.90 Å². The molecule has 1 aromatic heterocycles. The SMILES string of the molecule is c1ccc(-c2cccc(N3c4cc(-c5ccc6sc7ccccc7c6c5)ccc4Sc4cc5ccccc5cc43)c2)cc1. The number of benzene rings is 7. The molecule has 0 unspecified atom stereocenters. The van der Waals surface area contributed by atoms with Gasteiger partial charge < -0.3 is 4.90 Å². The molecule has 202 valence electrons. The largest absolute Gasteiger partial charge is 0.308 e. The first-order valence-corrected chi connectivity index (χ1v) is 16.1. The van der Waals surface area contributed by atoms with E-state index in [1.165, 1.54) is 74.4 Å². The molecule has 0 N–H and O–H groups in total. The average molecular weight is 584 g/mol. The lowest BCUT2D eigenvalue weighted by Gasteiger charge is -2.34. The second-order valence-corrected chi connectivity index (χ2v) is 13.2. The highest BCUT2D eigenvalue weighted by atomic mass is 32.2. The maximum atomic E-state index is 2.46. The summed E-state index contributed by atoms with van der Waals surface area (Å²) in [5.41, 5.74) is 8.50. The molecule has 0 saturated heterocycles. The van der Waals surface area contributed by atoms with Gasteiger partial charge in [0, 0.05) is 35.7 Å². The Bertz CT molecular complexity index is 2330. The lowest BCUT2D eigenvalue weighted by Crippen LogP contribution is -2.15. The summed E-state index contributed by atoms with van der Waals surface area (Å²) in [5.74, 6) is 0. The number of anilines is 3. The first kappa shape index (κ1) is 24.7. The van der Waals surface area contributed by atoms with Crippen LogP contribution in [0.1, 0.15) is 0 Å². The van der Waals surface area contributed by atoms with E-state index in [2.05, 4.69) is 157 Å². The van der Waals surface area contributed by atoms with Crippen LogP contribution in [0.2, 0.25) is 0 Å². The van der Waals surface area contributed by atoms with E-state index in [-0.39, 0.29) is 0 Å². The van der Waals surface area contributed by atoms with E-state index in [0.29, 0.717) is 0 Å². The number of hydrogen-bond donors (Lipinski definition) is 0. The van der Waals surface area contributed by atoms with E-state index in [4.69, 9.17) is 0 Å². The third-order valence-corrected chi connectivity index (χ3v) is 10.7. The first-order valence-electron chi connectivity index (χ1n) is 14.5. The van der Waals surface area contributed by atoms with Crippen molar-refractivity contribution in [2.75, 3.05) is 4.90 Å². The summed E-state index contributed by atoms with van der Waals surface area (Å²) in [6.45, 7) is 0. The van der Waals surface area contributed by atoms with Gasteiger partial charge in [0.1, 0.15) is 0 Å². The quantitative estimate of drug-likeness (QED) is 0.203. The second-order valence-electron chi connectivity index (χ2n) is 11.0. The number of rotatable bonds is 3. The molecule has 1 nitrogen and oxygen atoms in total. The topological polar surface area (TPSA) is 3.24 Å². The van der Waals surface area contributed by atoms with E-state index in [9.17, 15) is 0 Å². The normalized spacial score (nSPS) is 12.5. The van der Waals surface area contributed by atoms with E-state index >= 15 is 0 Å². The number of fused-ring (bicyclic) bond motifs is 6. The molecule has 1 aliphatic heterocycles. The van der Waals surface area contributed by atoms with Crippen molar-refractivity contribution in [3.05, 3.63) is 152 Å². The Kier molecular flexibility index (Phi) is 5.68. The molecule has 0 fully saturated rings. The van der Waals surface area contributed by atoms with Crippen LogP contribution in [0.5, 0.6) is 0 Å². The van der Waals surface area contributed by atoms with Gasteiger partial charge in [-0.05, 0) is 87.6 Å². The number of hydrogen-bond acceptors (Lipinski definition) is 3. The molecule has 0 radical (unpaired) electrons. The van der Waals surface area contributed by atoms with Crippen LogP contribution in [0, 0.1) is 0 Å². The molecule has 2 heterocycles. The number of nitrogens with zero attached hydrogens (tertiary/aromatic N) is 1. The van der Waals surface area contributed by atoms with Gasteiger partial charge in [0.25, 0.3) is 0 Å². The van der Waals surface area contributed by atoms with Crippen LogP contribution in [0.25, 0.3) is 53.2 Å². The fourth-order valence-electron chi connectivity index (χ4n) is 6.31. The summed E-state index contributed by atoms with van der Waals surface area (Å²) in [4.78, 5) is 5.00. The Morgan fingerprint density at radius 2 is 1.07 bits per heavy atom. The molecule has 7 aromatic carbocycles. The van der Waals surface area contributed by atoms with Crippen LogP contribution in [-0.2, 0) is 0 Å². The minimum Gasteiger partial charge on any atom is -0.308 e. The van der Waals surface area contributed by atoms with Crippen molar-refractivity contribution in [1.82, 2.24) is 0 Å². The van der Waals surface area contributed by atoms with Crippen LogP contribution in [0.3, 0.4) is 0 Å². The Balaban J connectivity index is 1.24. The molecular weight excluding hydrogens is 559 g/mol. The molecule has 3 heteroatoms. The first-order chi connectivity index (χ1) is 21.3. The standard InChI is InChI=1S/C40H25NS2/c1-2-9-26(10-3-1)27-13-8-14-32(21-27)41-35-24-31(30-17-19-38-34(22-30)33-15-6-7-16-37(33)42-38)18-20-39(35)43-40-25-29-12-5-4-11-28(29)23-36(40)41/h1-25H. The lowest BCUT2D eigenvalue weighted by atomic mass is 10.0. The third-order valence-electron chi connectivity index (χ3n) is 8.41. The minimum atomic E-state index is 1.16. The van der Waals surface area contributed by atoms with Crippen LogP contribution in [-0.4, -0.2) is 0 Å². The van der Waals surface area contributed by atoms with E-state index in [0.717, 1.165) is 5.69 Å². The smallest absolute Gasteiger partial charge is 0.0608 e. The Morgan fingerprint density at radius 3 is 1.98 bits per heavy atom. The fourth-order valence-corrected chi connectivity index (χ4v) is 8.46. The Hall–Kier alpha value is -4.83. The lowest BCUT2D eigenvalue weighted by molar-refractivity contribution is 1.17. The van der Waals surface area contributed by atoms with Gasteiger partial charge in [-0.2, -0.15) is 0 Å². The molecular formula is C40H25NS2. The summed E-state index contributed by atoms with van der Waals surface area (Å²) in [6, 6.07) is 55.6. The molecule has 43 heavy (non-hydrogen) atoms. The van der Waals surface area contributed by atoms with Crippen molar-refractivity contribution in [2.45, 2.75) is 9.79 Å². The summed E-state index contributed by atoms with van der Waals surface area (Å²) in [5, 5.41) is 5.18. The minimum absolute atomic E-state index is 1.16. The summed E-state index contributed by atoms with van der Waals surface area (Å²) in [7, 11) is 0. The Morgan fingerprint density at radius 1 is 0.395 bits per heavy atom. The highest BCUT2D eigenvalue weighted by Gasteiger charge is 2.26. The molecule has 8 aromatic rings. The van der Waals surface area contributed by atoms with E-state index < -0.39 is 0 Å². The van der Waals surface area contributed by atoms with Gasteiger partial charge in [0.15, 0.2) is 0 Å². The number of thiophene rings is 1. The molecule has 0 aliphatic carbocycles. The molecule has 1 aliphatic rings. The fraction of sp³-hybridized carbons (Fsp3) is 0. The van der Waals surface area contributed by atoms with Gasteiger partial charge in [0.05, 0.1) is 11.4 Å².